The average molecular weight is 373 g/mol. The number of anilines is 1. The lowest BCUT2D eigenvalue weighted by Gasteiger charge is -2.12. The minimum absolute atomic E-state index is 0.121. The summed E-state index contributed by atoms with van der Waals surface area (Å²) in [5.41, 5.74) is 4.49. The summed E-state index contributed by atoms with van der Waals surface area (Å²) in [5.74, 6) is -0.121. The molecule has 28 heavy (non-hydrogen) atoms. The summed E-state index contributed by atoms with van der Waals surface area (Å²) in [6.45, 7) is 0.418. The van der Waals surface area contributed by atoms with Gasteiger partial charge in [-0.05, 0) is 41.0 Å². The first-order chi connectivity index (χ1) is 13.5. The molecule has 0 heterocycles. The van der Waals surface area contributed by atoms with Crippen molar-refractivity contribution in [3.63, 3.8) is 0 Å². The van der Waals surface area contributed by atoms with E-state index in [9.17, 15) is 9.59 Å². The van der Waals surface area contributed by atoms with Gasteiger partial charge in [-0.3, -0.25) is 4.79 Å². The number of carbonyl (C=O) groups is 2. The van der Waals surface area contributed by atoms with Gasteiger partial charge in [-0.1, -0.05) is 54.6 Å². The van der Waals surface area contributed by atoms with E-state index in [2.05, 4.69) is 10.6 Å². The van der Waals surface area contributed by atoms with Crippen molar-refractivity contribution in [3.05, 3.63) is 90.0 Å². The fraction of sp³-hybridized carbons (Fsp3) is 0.130. The van der Waals surface area contributed by atoms with E-state index in [4.69, 9.17) is 0 Å². The van der Waals surface area contributed by atoms with E-state index in [1.165, 1.54) is 4.90 Å². The van der Waals surface area contributed by atoms with Crippen LogP contribution in [0.1, 0.15) is 15.9 Å². The second-order valence-electron chi connectivity index (χ2n) is 6.65. The average Bonchev–Trinajstić information content (AvgIpc) is 2.73. The summed E-state index contributed by atoms with van der Waals surface area (Å²) in [4.78, 5) is 25.5. The van der Waals surface area contributed by atoms with Gasteiger partial charge in [0, 0.05) is 31.9 Å². The van der Waals surface area contributed by atoms with E-state index in [1.54, 1.807) is 14.1 Å². The quantitative estimate of drug-likeness (QED) is 0.697. The zero-order chi connectivity index (χ0) is 19.9. The topological polar surface area (TPSA) is 61.4 Å². The van der Waals surface area contributed by atoms with Gasteiger partial charge in [-0.25, -0.2) is 4.79 Å². The number of rotatable bonds is 5. The van der Waals surface area contributed by atoms with E-state index < -0.39 is 0 Å². The van der Waals surface area contributed by atoms with E-state index in [0.29, 0.717) is 17.8 Å². The Morgan fingerprint density at radius 1 is 0.786 bits per heavy atom. The molecule has 0 saturated carbocycles. The van der Waals surface area contributed by atoms with Gasteiger partial charge in [0.1, 0.15) is 0 Å². The Balaban J connectivity index is 1.56. The maximum Gasteiger partial charge on any atom is 0.321 e. The van der Waals surface area contributed by atoms with Crippen LogP contribution >= 0.6 is 0 Å². The molecule has 0 aliphatic carbocycles. The molecular weight excluding hydrogens is 350 g/mol. The van der Waals surface area contributed by atoms with Crippen LogP contribution in [0.4, 0.5) is 10.5 Å². The number of amides is 3. The Morgan fingerprint density at radius 3 is 2.00 bits per heavy atom. The Kier molecular flexibility index (Phi) is 6.07. The number of carbonyl (C=O) groups excluding carboxylic acids is 2. The Morgan fingerprint density at radius 2 is 1.39 bits per heavy atom. The molecule has 0 aliphatic rings. The summed E-state index contributed by atoms with van der Waals surface area (Å²) < 4.78 is 0. The van der Waals surface area contributed by atoms with Crippen LogP contribution in [0.2, 0.25) is 0 Å². The van der Waals surface area contributed by atoms with Gasteiger partial charge in [0.2, 0.25) is 0 Å². The second-order valence-corrected chi connectivity index (χ2v) is 6.65. The predicted molar refractivity (Wildman–Crippen MR) is 112 cm³/mol. The van der Waals surface area contributed by atoms with Crippen molar-refractivity contribution >= 4 is 17.6 Å². The highest BCUT2D eigenvalue weighted by atomic mass is 16.2. The zero-order valence-electron chi connectivity index (χ0n) is 16.0. The van der Waals surface area contributed by atoms with Gasteiger partial charge in [0.05, 0.1) is 0 Å². The molecule has 0 bridgehead atoms. The third-order valence-corrected chi connectivity index (χ3v) is 4.32. The lowest BCUT2D eigenvalue weighted by atomic mass is 10.0. The third kappa shape index (κ3) is 4.98. The van der Waals surface area contributed by atoms with Crippen molar-refractivity contribution in [1.82, 2.24) is 10.2 Å². The summed E-state index contributed by atoms with van der Waals surface area (Å²) in [6, 6.07) is 24.8. The molecule has 0 spiro atoms. The smallest absolute Gasteiger partial charge is 0.321 e. The van der Waals surface area contributed by atoms with Gasteiger partial charge < -0.3 is 15.5 Å². The van der Waals surface area contributed by atoms with Crippen LogP contribution in [0.25, 0.3) is 11.1 Å². The molecule has 3 aromatic rings. The summed E-state index contributed by atoms with van der Waals surface area (Å²) >= 11 is 0. The van der Waals surface area contributed by atoms with Gasteiger partial charge in [0.15, 0.2) is 0 Å². The van der Waals surface area contributed by atoms with Crippen LogP contribution in [0.15, 0.2) is 78.9 Å². The van der Waals surface area contributed by atoms with E-state index in [-0.39, 0.29) is 11.9 Å². The lowest BCUT2D eigenvalue weighted by Crippen LogP contribution is -2.27. The van der Waals surface area contributed by atoms with Crippen LogP contribution in [0.5, 0.6) is 0 Å². The predicted octanol–water partition coefficient (Wildman–Crippen LogP) is 4.38. The number of benzene rings is 3. The van der Waals surface area contributed by atoms with Crippen LogP contribution in [-0.4, -0.2) is 30.9 Å². The van der Waals surface area contributed by atoms with Crippen molar-refractivity contribution < 1.29 is 9.59 Å². The Hall–Kier alpha value is -3.60. The Bertz CT molecular complexity index is 934. The fourth-order valence-electron chi connectivity index (χ4n) is 2.67. The first-order valence-corrected chi connectivity index (χ1v) is 9.04. The standard InChI is InChI=1S/C23H23N3O2/c1-26(2)23(28)25-21-14-8-17(9-15-21)16-24-22(27)20-12-10-19(11-13-20)18-6-4-3-5-7-18/h3-15H,16H2,1-2H3,(H,24,27)(H,25,28). The van der Waals surface area contributed by atoms with Crippen molar-refractivity contribution in [1.29, 1.82) is 0 Å². The van der Waals surface area contributed by atoms with E-state index >= 15 is 0 Å². The molecule has 5 nitrogen and oxygen atoms in total. The lowest BCUT2D eigenvalue weighted by molar-refractivity contribution is 0.0951. The molecule has 3 aromatic carbocycles. The molecule has 2 N–H and O–H groups in total. The molecule has 0 aliphatic heterocycles. The first-order valence-electron chi connectivity index (χ1n) is 9.04. The molecule has 0 fully saturated rings. The minimum Gasteiger partial charge on any atom is -0.348 e. The molecule has 0 atom stereocenters. The molecule has 0 unspecified atom stereocenters. The summed E-state index contributed by atoms with van der Waals surface area (Å²) in [5, 5.41) is 5.70. The van der Waals surface area contributed by atoms with Crippen molar-refractivity contribution in [2.24, 2.45) is 0 Å². The molecule has 3 rings (SSSR count). The monoisotopic (exact) mass is 373 g/mol. The van der Waals surface area contributed by atoms with Gasteiger partial charge in [-0.15, -0.1) is 0 Å². The van der Waals surface area contributed by atoms with E-state index in [1.807, 2.05) is 78.9 Å². The highest BCUT2D eigenvalue weighted by molar-refractivity contribution is 5.94. The first kappa shape index (κ1) is 19.2. The van der Waals surface area contributed by atoms with Crippen molar-refractivity contribution in [3.8, 4) is 11.1 Å². The maximum atomic E-state index is 12.4. The zero-order valence-corrected chi connectivity index (χ0v) is 16.0. The highest BCUT2D eigenvalue weighted by Crippen LogP contribution is 2.19. The van der Waals surface area contributed by atoms with Crippen LogP contribution in [-0.2, 0) is 6.54 Å². The highest BCUT2D eigenvalue weighted by Gasteiger charge is 2.07. The molecule has 0 radical (unpaired) electrons. The normalized spacial score (nSPS) is 10.2. The summed E-state index contributed by atoms with van der Waals surface area (Å²) in [7, 11) is 3.37. The number of urea groups is 1. The third-order valence-electron chi connectivity index (χ3n) is 4.32. The van der Waals surface area contributed by atoms with Crippen LogP contribution < -0.4 is 10.6 Å². The van der Waals surface area contributed by atoms with Crippen LogP contribution in [0.3, 0.4) is 0 Å². The maximum absolute atomic E-state index is 12.4. The van der Waals surface area contributed by atoms with Crippen molar-refractivity contribution in [2.75, 3.05) is 19.4 Å². The van der Waals surface area contributed by atoms with Crippen molar-refractivity contribution in [2.45, 2.75) is 6.54 Å². The van der Waals surface area contributed by atoms with E-state index in [0.717, 1.165) is 16.7 Å². The number of hydrogen-bond acceptors (Lipinski definition) is 2. The van der Waals surface area contributed by atoms with Gasteiger partial charge in [-0.2, -0.15) is 0 Å². The minimum atomic E-state index is -0.181. The second kappa shape index (κ2) is 8.86. The molecule has 0 saturated heterocycles. The molecule has 5 heteroatoms. The number of hydrogen-bond donors (Lipinski definition) is 2. The molecular formula is C23H23N3O2. The largest absolute Gasteiger partial charge is 0.348 e. The molecule has 0 aromatic heterocycles. The SMILES string of the molecule is CN(C)C(=O)Nc1ccc(CNC(=O)c2ccc(-c3ccccc3)cc2)cc1. The number of nitrogens with one attached hydrogen (secondary N) is 2. The fourth-order valence-corrected chi connectivity index (χ4v) is 2.67. The van der Waals surface area contributed by atoms with Crippen LogP contribution in [0, 0.1) is 0 Å². The molecule has 142 valence electrons. The Labute approximate surface area is 165 Å². The van der Waals surface area contributed by atoms with Gasteiger partial charge in [0.25, 0.3) is 5.91 Å². The van der Waals surface area contributed by atoms with Gasteiger partial charge >= 0.3 is 6.03 Å². The number of nitrogens with zero attached hydrogens (tertiary/aromatic N) is 1. The summed E-state index contributed by atoms with van der Waals surface area (Å²) in [6.07, 6.45) is 0. The molecule has 3 amide bonds.